The Morgan fingerprint density at radius 3 is 2.51 bits per heavy atom. The third-order valence-electron chi connectivity index (χ3n) is 6.55. The number of nitrogens with zero attached hydrogens (tertiary/aromatic N) is 5. The molecule has 0 spiro atoms. The number of aromatic nitrogens is 3. The van der Waals surface area contributed by atoms with E-state index in [2.05, 4.69) is 43.9 Å². The Labute approximate surface area is 210 Å². The fourth-order valence-corrected chi connectivity index (χ4v) is 5.43. The number of methoxy groups -OCH3 is 1. The van der Waals surface area contributed by atoms with Crippen LogP contribution in [0.15, 0.2) is 59.8 Å². The van der Waals surface area contributed by atoms with E-state index < -0.39 is 0 Å². The average Bonchev–Trinajstić information content (AvgIpc) is 3.58. The molecule has 35 heavy (non-hydrogen) atoms. The number of carbonyl (C=O) groups excluding carboxylic acids is 1. The largest absolute Gasteiger partial charge is 0.497 e. The van der Waals surface area contributed by atoms with E-state index in [0.29, 0.717) is 12.3 Å². The van der Waals surface area contributed by atoms with Crippen LogP contribution < -0.4 is 9.64 Å². The molecule has 0 saturated carbocycles. The van der Waals surface area contributed by atoms with E-state index in [9.17, 15) is 4.79 Å². The fourth-order valence-electron chi connectivity index (χ4n) is 4.58. The molecule has 9 heteroatoms. The zero-order valence-corrected chi connectivity index (χ0v) is 20.8. The number of anilines is 1. The van der Waals surface area contributed by atoms with E-state index in [1.807, 2.05) is 35.2 Å². The van der Waals surface area contributed by atoms with Crippen LogP contribution in [0.1, 0.15) is 12.8 Å². The molecule has 3 aromatic rings. The Kier molecular flexibility index (Phi) is 7.54. The predicted molar refractivity (Wildman–Crippen MR) is 137 cm³/mol. The van der Waals surface area contributed by atoms with Gasteiger partial charge in [-0.25, -0.2) is 0 Å². The minimum atomic E-state index is 0.139. The van der Waals surface area contributed by atoms with Gasteiger partial charge in [-0.1, -0.05) is 30.0 Å². The first-order chi connectivity index (χ1) is 17.2. The van der Waals surface area contributed by atoms with E-state index in [0.717, 1.165) is 67.9 Å². The lowest BCUT2D eigenvalue weighted by molar-refractivity contribution is -0.128. The SMILES string of the molecule is COc1ccc(-c2nnc(SCC(=O)N3CCN(c4ccccc4)CC3)n2CC2CCCO2)cc1. The van der Waals surface area contributed by atoms with Crippen LogP contribution in [0.5, 0.6) is 5.75 Å². The second kappa shape index (κ2) is 11.1. The fraction of sp³-hybridized carbons (Fsp3) is 0.423. The molecule has 0 bridgehead atoms. The van der Waals surface area contributed by atoms with Crippen LogP contribution in [0.4, 0.5) is 5.69 Å². The molecule has 8 nitrogen and oxygen atoms in total. The highest BCUT2D eigenvalue weighted by Crippen LogP contribution is 2.28. The van der Waals surface area contributed by atoms with Gasteiger partial charge in [0.2, 0.25) is 5.91 Å². The monoisotopic (exact) mass is 493 g/mol. The van der Waals surface area contributed by atoms with Crippen molar-refractivity contribution in [1.82, 2.24) is 19.7 Å². The molecule has 5 rings (SSSR count). The van der Waals surface area contributed by atoms with Crippen LogP contribution in [-0.2, 0) is 16.1 Å². The second-order valence-electron chi connectivity index (χ2n) is 8.77. The number of thioether (sulfide) groups is 1. The van der Waals surface area contributed by atoms with Gasteiger partial charge in [-0.2, -0.15) is 0 Å². The summed E-state index contributed by atoms with van der Waals surface area (Å²) in [6.07, 6.45) is 2.24. The molecular formula is C26H31N5O3S. The Balaban J connectivity index is 1.24. The molecule has 0 radical (unpaired) electrons. The lowest BCUT2D eigenvalue weighted by Crippen LogP contribution is -2.49. The number of hydrogen-bond donors (Lipinski definition) is 0. The highest BCUT2D eigenvalue weighted by atomic mass is 32.2. The van der Waals surface area contributed by atoms with Crippen molar-refractivity contribution in [3.63, 3.8) is 0 Å². The van der Waals surface area contributed by atoms with Gasteiger partial charge in [0.1, 0.15) is 5.75 Å². The Morgan fingerprint density at radius 1 is 1.06 bits per heavy atom. The Bertz CT molecular complexity index is 1110. The van der Waals surface area contributed by atoms with E-state index in [4.69, 9.17) is 9.47 Å². The summed E-state index contributed by atoms with van der Waals surface area (Å²) in [6, 6.07) is 18.2. The Morgan fingerprint density at radius 2 is 1.83 bits per heavy atom. The van der Waals surface area contributed by atoms with Gasteiger partial charge < -0.3 is 19.3 Å². The topological polar surface area (TPSA) is 72.7 Å². The van der Waals surface area contributed by atoms with E-state index >= 15 is 0 Å². The third kappa shape index (κ3) is 5.62. The highest BCUT2D eigenvalue weighted by Gasteiger charge is 2.25. The lowest BCUT2D eigenvalue weighted by Gasteiger charge is -2.36. The molecule has 2 fully saturated rings. The van der Waals surface area contributed by atoms with E-state index in [1.54, 1.807) is 7.11 Å². The number of rotatable bonds is 8. The molecule has 2 aliphatic heterocycles. The van der Waals surface area contributed by atoms with Crippen molar-refractivity contribution in [2.45, 2.75) is 30.6 Å². The molecular weight excluding hydrogens is 462 g/mol. The van der Waals surface area contributed by atoms with Crippen molar-refractivity contribution >= 4 is 23.4 Å². The second-order valence-corrected chi connectivity index (χ2v) is 9.71. The normalized spacial score (nSPS) is 18.1. The first-order valence-corrected chi connectivity index (χ1v) is 13.1. The van der Waals surface area contributed by atoms with Gasteiger partial charge in [0.05, 0.1) is 25.5 Å². The van der Waals surface area contributed by atoms with Crippen LogP contribution in [0.3, 0.4) is 0 Å². The van der Waals surface area contributed by atoms with Crippen molar-refractivity contribution in [1.29, 1.82) is 0 Å². The van der Waals surface area contributed by atoms with Crippen molar-refractivity contribution in [2.24, 2.45) is 0 Å². The molecule has 2 saturated heterocycles. The first kappa shape index (κ1) is 23.7. The van der Waals surface area contributed by atoms with Crippen molar-refractivity contribution < 1.29 is 14.3 Å². The zero-order chi connectivity index (χ0) is 24.0. The average molecular weight is 494 g/mol. The van der Waals surface area contributed by atoms with Gasteiger partial charge in [0.15, 0.2) is 11.0 Å². The molecule has 3 heterocycles. The van der Waals surface area contributed by atoms with Crippen LogP contribution in [0.25, 0.3) is 11.4 Å². The van der Waals surface area contributed by atoms with E-state index in [1.165, 1.54) is 17.4 Å². The van der Waals surface area contributed by atoms with Crippen molar-refractivity contribution in [3.8, 4) is 17.1 Å². The van der Waals surface area contributed by atoms with Crippen LogP contribution in [-0.4, -0.2) is 77.3 Å². The molecule has 0 N–H and O–H groups in total. The van der Waals surface area contributed by atoms with Gasteiger partial charge in [0.25, 0.3) is 0 Å². The number of amides is 1. The zero-order valence-electron chi connectivity index (χ0n) is 20.0. The van der Waals surface area contributed by atoms with Gasteiger partial charge in [-0.15, -0.1) is 10.2 Å². The minimum Gasteiger partial charge on any atom is -0.497 e. The van der Waals surface area contributed by atoms with Crippen LogP contribution >= 0.6 is 11.8 Å². The summed E-state index contributed by atoms with van der Waals surface area (Å²) in [4.78, 5) is 17.3. The molecule has 1 atom stereocenters. The maximum Gasteiger partial charge on any atom is 0.233 e. The standard InChI is InChI=1S/C26H31N5O3S/c1-33-22-11-9-20(10-12-22)25-27-28-26(31(25)18-23-8-5-17-34-23)35-19-24(32)30-15-13-29(14-16-30)21-6-3-2-4-7-21/h2-4,6-7,9-12,23H,5,8,13-19H2,1H3. The van der Waals surface area contributed by atoms with Gasteiger partial charge in [-0.05, 0) is 49.2 Å². The van der Waals surface area contributed by atoms with Crippen LogP contribution in [0, 0.1) is 0 Å². The number of hydrogen-bond acceptors (Lipinski definition) is 7. The first-order valence-electron chi connectivity index (χ1n) is 12.1. The van der Waals surface area contributed by atoms with E-state index in [-0.39, 0.29) is 12.0 Å². The minimum absolute atomic E-state index is 0.139. The number of ether oxygens (including phenoxy) is 2. The summed E-state index contributed by atoms with van der Waals surface area (Å²) in [6.45, 7) is 4.62. The van der Waals surface area contributed by atoms with Gasteiger partial charge in [-0.3, -0.25) is 9.36 Å². The summed E-state index contributed by atoms with van der Waals surface area (Å²) in [7, 11) is 1.65. The smallest absolute Gasteiger partial charge is 0.233 e. The molecule has 1 aromatic heterocycles. The van der Waals surface area contributed by atoms with Crippen molar-refractivity contribution in [2.75, 3.05) is 50.5 Å². The summed E-state index contributed by atoms with van der Waals surface area (Å²) in [5.41, 5.74) is 2.17. The molecule has 1 amide bonds. The van der Waals surface area contributed by atoms with Gasteiger partial charge in [0, 0.05) is 44.0 Å². The maximum absolute atomic E-state index is 13.0. The molecule has 2 aromatic carbocycles. The number of piperazine rings is 1. The Hall–Kier alpha value is -3.04. The summed E-state index contributed by atoms with van der Waals surface area (Å²) in [5.74, 6) is 2.07. The summed E-state index contributed by atoms with van der Waals surface area (Å²) >= 11 is 1.46. The third-order valence-corrected chi connectivity index (χ3v) is 7.51. The number of para-hydroxylation sites is 1. The number of benzene rings is 2. The molecule has 0 aliphatic carbocycles. The summed E-state index contributed by atoms with van der Waals surface area (Å²) < 4.78 is 13.3. The quantitative estimate of drug-likeness (QED) is 0.444. The van der Waals surface area contributed by atoms with Crippen LogP contribution in [0.2, 0.25) is 0 Å². The highest BCUT2D eigenvalue weighted by molar-refractivity contribution is 7.99. The van der Waals surface area contributed by atoms with Gasteiger partial charge >= 0.3 is 0 Å². The predicted octanol–water partition coefficient (Wildman–Crippen LogP) is 3.57. The molecule has 2 aliphatic rings. The maximum atomic E-state index is 13.0. The van der Waals surface area contributed by atoms with Crippen molar-refractivity contribution in [3.05, 3.63) is 54.6 Å². The summed E-state index contributed by atoms with van der Waals surface area (Å²) in [5, 5.41) is 9.69. The molecule has 184 valence electrons. The number of carbonyl (C=O) groups is 1. The lowest BCUT2D eigenvalue weighted by atomic mass is 10.2. The molecule has 1 unspecified atom stereocenters.